The third-order valence-electron chi connectivity index (χ3n) is 17.3. The topological polar surface area (TPSA) is 631 Å². The Balaban J connectivity index is 0.000000536. The smallest absolute Gasteiger partial charge is 0.418 e. The van der Waals surface area contributed by atoms with Gasteiger partial charge in [-0.2, -0.15) is 0 Å². The van der Waals surface area contributed by atoms with Gasteiger partial charge in [0.2, 0.25) is 0 Å². The lowest BCUT2D eigenvalue weighted by molar-refractivity contribution is -0.396. The highest BCUT2D eigenvalue weighted by Crippen LogP contribution is 2.40. The zero-order chi connectivity index (χ0) is 80.6. The predicted octanol–water partition coefficient (Wildman–Crippen LogP) is -9.86. The maximum atomic E-state index is 11.5. The summed E-state index contributed by atoms with van der Waals surface area (Å²) in [7, 11) is 1.45. The minimum absolute atomic E-state index is 0.0311. The Morgan fingerprint density at radius 1 is 0.271 bits per heavy atom. The van der Waals surface area contributed by atoms with Crippen LogP contribution in [0.4, 0.5) is 0 Å². The summed E-state index contributed by atoms with van der Waals surface area (Å²) in [4.78, 5) is 44.6. The van der Waals surface area contributed by atoms with Gasteiger partial charge in [0, 0.05) is 6.54 Å². The van der Waals surface area contributed by atoms with Gasteiger partial charge in [-0.25, -0.2) is 19.2 Å². The molecule has 0 spiro atoms. The van der Waals surface area contributed by atoms with Crippen molar-refractivity contribution in [3.8, 4) is 0 Å². The summed E-state index contributed by atoms with van der Waals surface area (Å²) in [6, 6.07) is 0. The lowest BCUT2D eigenvalue weighted by Crippen LogP contribution is -2.68. The quantitative estimate of drug-likeness (QED) is 0.0579. The summed E-state index contributed by atoms with van der Waals surface area (Å²) >= 11 is 0. The highest BCUT2D eigenvalue weighted by Gasteiger charge is 2.60. The zero-order valence-corrected chi connectivity index (χ0v) is 61.8. The van der Waals surface area contributed by atoms with Crippen LogP contribution in [0.15, 0.2) is 0 Å². The molecule has 42 heteroatoms. The third kappa shape index (κ3) is 23.8. The number of aliphatic hydroxyl groups excluding tert-OH is 19. The van der Waals surface area contributed by atoms with Gasteiger partial charge in [0.25, 0.3) is 0 Å². The maximum absolute atomic E-state index is 11.5. The largest absolute Gasteiger partial charge is 0.452 e. The molecule has 0 aliphatic carbocycles. The summed E-state index contributed by atoms with van der Waals surface area (Å²) in [5.41, 5.74) is -2.69. The van der Waals surface area contributed by atoms with Crippen LogP contribution >= 0.6 is 0 Å². The van der Waals surface area contributed by atoms with Crippen LogP contribution in [0.5, 0.6) is 0 Å². The molecule has 107 heavy (non-hydrogen) atoms. The minimum atomic E-state index is -2.17. The van der Waals surface area contributed by atoms with E-state index in [1.165, 1.54) is 7.05 Å². The van der Waals surface area contributed by atoms with E-state index in [1.54, 1.807) is 90.0 Å². The first kappa shape index (κ1) is 92.4. The number of rotatable bonds is 9. The van der Waals surface area contributed by atoms with E-state index < -0.39 is 294 Å². The molecule has 21 fully saturated rings. The standard InChI is InChI=1S/C45H77NO33.2C10H18O4/c1-3-4-11-32-18(52)25(59)39(66-11)75-34-13(6-47)70-43(29(63)22(34)56)79-38-17(10-51)72-45(31(65)24(38)58)78-37-16(9-50)69-42(28(62)21(37)55)74-33-12(5-46-2)67-40(26(60)19(33)53)76-35-14(7-48)71-44(30(64)23(35)57)77-36-15(8-49)68-41(73-32)27(61)20(36)54;2*1-9(2,3)13-7(11)8(12)14-10(4,5)6/h11-65H,3-10H2,1-2H3;2*1-6H3. The molecule has 21 rings (SSSR count). The van der Waals surface area contributed by atoms with Crippen molar-refractivity contribution in [1.82, 2.24) is 5.32 Å². The SMILES string of the molecule is CC(C)(C)OC(=O)C(=O)OC(C)(C)C.CC(C)(C)OC(=O)C(=O)OC(C)(C)C.CCCC1OC2OC3C(CO)OC(OC4C(CO)OC(OC5C(CO)OC(OC6C(CNC)OC(OC7C(CO)OC(OC8C(CO)OC(OC1C(O)C2O)C(O)C8O)C(O)C7O)C(O)C6O)C(O)C5O)C(O)C4O)C(O)C3O. The predicted molar refractivity (Wildman–Crippen MR) is 346 cm³/mol. The van der Waals surface area contributed by atoms with Gasteiger partial charge in [-0.05, 0) is 96.6 Å². The van der Waals surface area contributed by atoms with Crippen molar-refractivity contribution >= 4 is 23.9 Å². The van der Waals surface area contributed by atoms with Gasteiger partial charge < -0.3 is 188 Å². The monoisotopic (exact) mass is 1560 g/mol. The number of esters is 4. The lowest BCUT2D eigenvalue weighted by atomic mass is 9.94. The van der Waals surface area contributed by atoms with Crippen molar-refractivity contribution in [2.75, 3.05) is 46.6 Å². The summed E-state index contributed by atoms with van der Waals surface area (Å²) in [6.45, 7) is 16.8. The number of aliphatic hydroxyl groups is 19. The second-order valence-corrected chi connectivity index (χ2v) is 30.6. The number of hydrogen-bond acceptors (Lipinski definition) is 42. The molecule has 20 N–H and O–H groups in total. The van der Waals surface area contributed by atoms with Gasteiger partial charge >= 0.3 is 23.9 Å². The molecule has 35 atom stereocenters. The fourth-order valence-corrected chi connectivity index (χ4v) is 12.3. The van der Waals surface area contributed by atoms with Gasteiger partial charge in [-0.1, -0.05) is 13.3 Å². The van der Waals surface area contributed by atoms with E-state index in [9.17, 15) is 116 Å². The minimum Gasteiger partial charge on any atom is -0.452 e. The van der Waals surface area contributed by atoms with Crippen LogP contribution in [0.1, 0.15) is 103 Å². The van der Waals surface area contributed by atoms with E-state index >= 15 is 0 Å². The molecule has 21 saturated heterocycles. The van der Waals surface area contributed by atoms with Crippen molar-refractivity contribution in [2.24, 2.45) is 0 Å². The Bertz CT molecular complexity index is 2630. The van der Waals surface area contributed by atoms with Crippen LogP contribution in [0.3, 0.4) is 0 Å². The number of likely N-dealkylation sites (N-methyl/N-ethyl adjacent to an activating group) is 1. The summed E-state index contributed by atoms with van der Waals surface area (Å²) in [5, 5.41) is 215. The highest BCUT2D eigenvalue weighted by molar-refractivity contribution is 6.30. The molecule has 0 aromatic rings. The Labute approximate surface area is 615 Å². The van der Waals surface area contributed by atoms with Crippen LogP contribution in [-0.2, 0) is 104 Å². The summed E-state index contributed by atoms with van der Waals surface area (Å²) in [6.07, 6.45) is -66.1. The number of nitrogens with one attached hydrogen (secondary N) is 1. The summed E-state index contributed by atoms with van der Waals surface area (Å²) in [5.74, 6) is -3.81. The van der Waals surface area contributed by atoms with Gasteiger partial charge in [0.15, 0.2) is 44.0 Å². The molecular weight excluding hydrogens is 1450 g/mol. The Morgan fingerprint density at radius 2 is 0.430 bits per heavy atom. The number of hydrogen-bond donors (Lipinski definition) is 20. The van der Waals surface area contributed by atoms with Crippen molar-refractivity contribution in [3.05, 3.63) is 0 Å². The molecule has 0 aromatic heterocycles. The second-order valence-electron chi connectivity index (χ2n) is 30.6. The number of carbonyl (C=O) groups is 4. The van der Waals surface area contributed by atoms with E-state index in [-0.39, 0.29) is 13.0 Å². The lowest BCUT2D eigenvalue weighted by Gasteiger charge is -2.50. The van der Waals surface area contributed by atoms with Gasteiger partial charge in [0.05, 0.1) is 39.1 Å². The van der Waals surface area contributed by atoms with E-state index in [2.05, 4.69) is 5.32 Å². The Hall–Kier alpha value is -3.48. The average Bonchev–Trinajstić information content (AvgIpc) is 0.807. The molecule has 0 amide bonds. The van der Waals surface area contributed by atoms with E-state index in [4.69, 9.17) is 85.3 Å². The highest BCUT2D eigenvalue weighted by atomic mass is 16.8. The first-order valence-corrected chi connectivity index (χ1v) is 35.0. The van der Waals surface area contributed by atoms with Crippen LogP contribution in [0.2, 0.25) is 0 Å². The maximum Gasteiger partial charge on any atom is 0.418 e. The van der Waals surface area contributed by atoms with Crippen LogP contribution in [0.25, 0.3) is 0 Å². The molecule has 624 valence electrons. The van der Waals surface area contributed by atoms with Crippen LogP contribution in [0, 0.1) is 0 Å². The first-order chi connectivity index (χ1) is 49.7. The Kier molecular flexibility index (Phi) is 33.7. The van der Waals surface area contributed by atoms with Gasteiger partial charge in [0.1, 0.15) is 187 Å². The number of ether oxygens (including phenoxy) is 18. The molecular formula is C65H113NO41. The van der Waals surface area contributed by atoms with Crippen LogP contribution < -0.4 is 5.32 Å². The molecule has 0 radical (unpaired) electrons. The fraction of sp³-hybridized carbons (Fsp3) is 0.938. The molecule has 0 saturated carbocycles. The third-order valence-corrected chi connectivity index (χ3v) is 17.3. The molecule has 21 aliphatic rings. The average molecular weight is 1560 g/mol. The molecule has 0 aromatic carbocycles. The van der Waals surface area contributed by atoms with E-state index in [0.29, 0.717) is 6.42 Å². The molecule has 21 heterocycles. The fourth-order valence-electron chi connectivity index (χ4n) is 12.3. The zero-order valence-electron chi connectivity index (χ0n) is 61.8. The second kappa shape index (κ2) is 39.0. The van der Waals surface area contributed by atoms with Crippen molar-refractivity contribution < 1.29 is 201 Å². The summed E-state index contributed by atoms with van der Waals surface area (Å²) < 4.78 is 101. The normalized spacial score (nSPS) is 43.2. The van der Waals surface area contributed by atoms with Gasteiger partial charge in [-0.15, -0.1) is 0 Å². The van der Waals surface area contributed by atoms with Crippen molar-refractivity contribution in [1.29, 1.82) is 0 Å². The van der Waals surface area contributed by atoms with E-state index in [0.717, 1.165) is 0 Å². The number of carbonyl (C=O) groups excluding carboxylic acids is 4. The van der Waals surface area contributed by atoms with Crippen molar-refractivity contribution in [2.45, 2.75) is 340 Å². The molecule has 42 nitrogen and oxygen atoms in total. The molecule has 21 aliphatic heterocycles. The van der Waals surface area contributed by atoms with Gasteiger partial charge in [-0.3, -0.25) is 0 Å². The Morgan fingerprint density at radius 3 is 0.589 bits per heavy atom. The van der Waals surface area contributed by atoms with E-state index in [1.807, 2.05) is 0 Å². The van der Waals surface area contributed by atoms with Crippen molar-refractivity contribution in [3.63, 3.8) is 0 Å². The first-order valence-electron chi connectivity index (χ1n) is 35.0. The molecule has 35 unspecified atom stereocenters. The molecule has 14 bridgehead atoms. The van der Waals surface area contributed by atoms with Crippen LogP contribution in [-0.4, -0.2) is 405 Å².